The lowest BCUT2D eigenvalue weighted by Gasteiger charge is -2.46. The maximum atomic E-state index is 12.5. The Morgan fingerprint density at radius 3 is 2.52 bits per heavy atom. The first kappa shape index (κ1) is 14.5. The van der Waals surface area contributed by atoms with Crippen molar-refractivity contribution >= 4 is 22.5 Å². The van der Waals surface area contributed by atoms with Crippen molar-refractivity contribution in [1.82, 2.24) is 9.80 Å². The van der Waals surface area contributed by atoms with Crippen LogP contribution >= 0.6 is 0 Å². The minimum Gasteiger partial charge on any atom is -0.321 e. The number of nitrogens with one attached hydrogen (secondary N) is 1. The minimum atomic E-state index is 0.0228. The van der Waals surface area contributed by atoms with E-state index in [9.17, 15) is 4.79 Å². The van der Waals surface area contributed by atoms with Crippen LogP contribution in [0.15, 0.2) is 42.5 Å². The van der Waals surface area contributed by atoms with Gasteiger partial charge in [-0.25, -0.2) is 4.79 Å². The molecule has 0 atom stereocenters. The van der Waals surface area contributed by atoms with Crippen molar-refractivity contribution in [2.24, 2.45) is 0 Å². The van der Waals surface area contributed by atoms with Crippen molar-refractivity contribution in [3.8, 4) is 0 Å². The predicted molar refractivity (Wildman–Crippen MR) is 93.8 cm³/mol. The van der Waals surface area contributed by atoms with Gasteiger partial charge in [0.2, 0.25) is 0 Å². The molecule has 4 nitrogen and oxygen atoms in total. The van der Waals surface area contributed by atoms with E-state index >= 15 is 0 Å². The zero-order valence-electron chi connectivity index (χ0n) is 13.4. The largest absolute Gasteiger partial charge is 0.321 e. The summed E-state index contributed by atoms with van der Waals surface area (Å²) in [6.07, 6.45) is 3.96. The Hall–Kier alpha value is -2.07. The van der Waals surface area contributed by atoms with Crippen molar-refractivity contribution < 1.29 is 4.79 Å². The summed E-state index contributed by atoms with van der Waals surface area (Å²) in [5.74, 6) is 0. The van der Waals surface area contributed by atoms with E-state index in [0.717, 1.165) is 29.5 Å². The molecule has 0 saturated carbocycles. The van der Waals surface area contributed by atoms with E-state index < -0.39 is 0 Å². The highest BCUT2D eigenvalue weighted by Gasteiger charge is 2.35. The Morgan fingerprint density at radius 1 is 0.957 bits per heavy atom. The van der Waals surface area contributed by atoms with Crippen LogP contribution in [0.3, 0.4) is 0 Å². The standard InChI is InChI=1S/C19H23N3O/c23-19(22-13-16(14-22)21-11-4-1-5-12-21)20-18-10-6-8-15-7-2-3-9-17(15)18/h2-3,6-10,16H,1,4-5,11-14H2,(H,20,23). The van der Waals surface area contributed by atoms with Gasteiger partial charge in [-0.15, -0.1) is 0 Å². The zero-order chi connectivity index (χ0) is 15.6. The van der Waals surface area contributed by atoms with E-state index in [-0.39, 0.29) is 6.03 Å². The number of likely N-dealkylation sites (tertiary alicyclic amines) is 2. The summed E-state index contributed by atoms with van der Waals surface area (Å²) in [7, 11) is 0. The van der Waals surface area contributed by atoms with E-state index in [1.807, 2.05) is 29.2 Å². The second kappa shape index (κ2) is 6.20. The summed E-state index contributed by atoms with van der Waals surface area (Å²) in [6, 6.07) is 14.8. The van der Waals surface area contributed by atoms with Crippen LogP contribution in [0.5, 0.6) is 0 Å². The Balaban J connectivity index is 1.39. The molecule has 1 N–H and O–H groups in total. The molecule has 2 aromatic rings. The van der Waals surface area contributed by atoms with E-state index in [1.54, 1.807) is 0 Å². The van der Waals surface area contributed by atoms with Gasteiger partial charge in [0.05, 0.1) is 5.69 Å². The van der Waals surface area contributed by atoms with E-state index in [2.05, 4.69) is 28.4 Å². The molecular formula is C19H23N3O. The highest BCUT2D eigenvalue weighted by atomic mass is 16.2. The van der Waals surface area contributed by atoms with Crippen molar-refractivity contribution in [3.63, 3.8) is 0 Å². The first-order valence-corrected chi connectivity index (χ1v) is 8.59. The number of hydrogen-bond donors (Lipinski definition) is 1. The first-order valence-electron chi connectivity index (χ1n) is 8.59. The average molecular weight is 309 g/mol. The molecule has 2 heterocycles. The third-order valence-electron chi connectivity index (χ3n) is 5.09. The van der Waals surface area contributed by atoms with Crippen molar-refractivity contribution in [2.75, 3.05) is 31.5 Å². The lowest BCUT2D eigenvalue weighted by atomic mass is 10.0. The molecule has 0 radical (unpaired) electrons. The number of piperidine rings is 1. The lowest BCUT2D eigenvalue weighted by molar-refractivity contribution is 0.0493. The summed E-state index contributed by atoms with van der Waals surface area (Å²) >= 11 is 0. The maximum absolute atomic E-state index is 12.5. The molecule has 2 fully saturated rings. The first-order chi connectivity index (χ1) is 11.3. The van der Waals surface area contributed by atoms with Crippen LogP contribution in [-0.4, -0.2) is 48.1 Å². The minimum absolute atomic E-state index is 0.0228. The van der Waals surface area contributed by atoms with Crippen LogP contribution in [0.2, 0.25) is 0 Å². The molecule has 4 heteroatoms. The van der Waals surface area contributed by atoms with Crippen LogP contribution in [0, 0.1) is 0 Å². The third-order valence-corrected chi connectivity index (χ3v) is 5.09. The number of carbonyl (C=O) groups excluding carboxylic acids is 1. The van der Waals surface area contributed by atoms with Gasteiger partial charge in [-0.2, -0.15) is 0 Å². The fourth-order valence-corrected chi connectivity index (χ4v) is 3.66. The van der Waals surface area contributed by atoms with Gasteiger partial charge < -0.3 is 10.2 Å². The average Bonchev–Trinajstić information content (AvgIpc) is 2.55. The van der Waals surface area contributed by atoms with Gasteiger partial charge in [0.15, 0.2) is 0 Å². The second-order valence-electron chi connectivity index (χ2n) is 6.61. The van der Waals surface area contributed by atoms with Crippen molar-refractivity contribution in [3.05, 3.63) is 42.5 Å². The maximum Gasteiger partial charge on any atom is 0.321 e. The lowest BCUT2D eigenvalue weighted by Crippen LogP contribution is -2.62. The fourth-order valence-electron chi connectivity index (χ4n) is 3.66. The molecule has 23 heavy (non-hydrogen) atoms. The molecule has 0 aliphatic carbocycles. The number of urea groups is 1. The third kappa shape index (κ3) is 2.91. The molecule has 120 valence electrons. The van der Waals surface area contributed by atoms with Gasteiger partial charge in [-0.05, 0) is 37.4 Å². The highest BCUT2D eigenvalue weighted by molar-refractivity contribution is 6.01. The Bertz CT molecular complexity index is 697. The molecule has 2 amide bonds. The summed E-state index contributed by atoms with van der Waals surface area (Å²) in [4.78, 5) is 16.9. The Kier molecular flexibility index (Phi) is 3.92. The molecule has 0 spiro atoms. The highest BCUT2D eigenvalue weighted by Crippen LogP contribution is 2.25. The molecule has 0 unspecified atom stereocenters. The molecule has 2 aromatic carbocycles. The van der Waals surface area contributed by atoms with Crippen LogP contribution in [0.1, 0.15) is 19.3 Å². The number of carbonyl (C=O) groups is 1. The van der Waals surface area contributed by atoms with Crippen LogP contribution in [0.4, 0.5) is 10.5 Å². The summed E-state index contributed by atoms with van der Waals surface area (Å²) < 4.78 is 0. The molecular weight excluding hydrogens is 286 g/mol. The van der Waals surface area contributed by atoms with Gasteiger partial charge in [0.1, 0.15) is 0 Å². The van der Waals surface area contributed by atoms with Crippen LogP contribution in [0.25, 0.3) is 10.8 Å². The second-order valence-corrected chi connectivity index (χ2v) is 6.61. The molecule has 0 bridgehead atoms. The molecule has 2 aliphatic rings. The predicted octanol–water partition coefficient (Wildman–Crippen LogP) is 3.54. The monoisotopic (exact) mass is 309 g/mol. The number of amides is 2. The molecule has 0 aromatic heterocycles. The molecule has 2 saturated heterocycles. The van der Waals surface area contributed by atoms with Crippen molar-refractivity contribution in [2.45, 2.75) is 25.3 Å². The number of nitrogens with zero attached hydrogens (tertiary/aromatic N) is 2. The van der Waals surface area contributed by atoms with Gasteiger partial charge in [0, 0.05) is 24.5 Å². The normalized spacial score (nSPS) is 19.6. The van der Waals surface area contributed by atoms with Gasteiger partial charge >= 0.3 is 6.03 Å². The van der Waals surface area contributed by atoms with Gasteiger partial charge in [-0.1, -0.05) is 42.8 Å². The fraction of sp³-hybridized carbons (Fsp3) is 0.421. The number of anilines is 1. The SMILES string of the molecule is O=C(Nc1cccc2ccccc12)N1CC(N2CCCCC2)C1. The van der Waals surface area contributed by atoms with Crippen LogP contribution < -0.4 is 5.32 Å². The van der Waals surface area contributed by atoms with Crippen molar-refractivity contribution in [1.29, 1.82) is 0 Å². The molecule has 2 aliphatic heterocycles. The van der Waals surface area contributed by atoms with E-state index in [4.69, 9.17) is 0 Å². The summed E-state index contributed by atoms with van der Waals surface area (Å²) in [5.41, 5.74) is 0.898. The van der Waals surface area contributed by atoms with Gasteiger partial charge in [-0.3, -0.25) is 4.90 Å². The summed E-state index contributed by atoms with van der Waals surface area (Å²) in [5, 5.41) is 5.33. The van der Waals surface area contributed by atoms with E-state index in [0.29, 0.717) is 6.04 Å². The zero-order valence-corrected chi connectivity index (χ0v) is 13.4. The van der Waals surface area contributed by atoms with Crippen LogP contribution in [-0.2, 0) is 0 Å². The number of rotatable bonds is 2. The topological polar surface area (TPSA) is 35.6 Å². The molecule has 4 rings (SSSR count). The Morgan fingerprint density at radius 2 is 1.70 bits per heavy atom. The number of fused-ring (bicyclic) bond motifs is 1. The summed E-state index contributed by atoms with van der Waals surface area (Å²) in [6.45, 7) is 4.11. The van der Waals surface area contributed by atoms with E-state index in [1.165, 1.54) is 32.4 Å². The Labute approximate surface area is 137 Å². The van der Waals surface area contributed by atoms with Gasteiger partial charge in [0.25, 0.3) is 0 Å². The number of hydrogen-bond acceptors (Lipinski definition) is 2. The smallest absolute Gasteiger partial charge is 0.321 e. The quantitative estimate of drug-likeness (QED) is 0.921. The number of benzene rings is 2.